The highest BCUT2D eigenvalue weighted by Crippen LogP contribution is 2.40. The molecular weight excluding hydrogens is 486 g/mol. The Morgan fingerprint density at radius 3 is 2.10 bits per heavy atom. The molecule has 9 rings (SSSR count). The summed E-state index contributed by atoms with van der Waals surface area (Å²) in [6.45, 7) is 0. The van der Waals surface area contributed by atoms with E-state index in [-0.39, 0.29) is 0 Å². The number of fused-ring (bicyclic) bond motifs is 10. The van der Waals surface area contributed by atoms with Gasteiger partial charge in [0.15, 0.2) is 0 Å². The third kappa shape index (κ3) is 3.15. The van der Waals surface area contributed by atoms with Crippen molar-refractivity contribution in [1.29, 1.82) is 0 Å². The number of aromatic nitrogens is 3. The topological polar surface area (TPSA) is 22.8 Å². The molecule has 6 aromatic rings. The first-order valence-corrected chi connectivity index (χ1v) is 15.2. The Hall–Kier alpha value is -4.11. The molecule has 3 aromatic heterocycles. The van der Waals surface area contributed by atoms with Crippen LogP contribution < -0.4 is 0 Å². The van der Waals surface area contributed by atoms with Crippen molar-refractivity contribution in [1.82, 2.24) is 14.1 Å². The number of rotatable bonds is 2. The number of allylic oxidation sites excluding steroid dienone is 1. The molecule has 0 N–H and O–H groups in total. The standard InChI is InChI=1S/C37H33N3/c1-3-11-27-24(9-1)17-20-33-36(27)29-13-5-7-15-31(29)39(33)26-19-22-35(38-23-26)40-32-16-8-6-14-30(32)37-28-12-4-2-10-25(28)18-21-34(37)40/h5-7,13-15,17-23H,1-4,8-12,16H2. The summed E-state index contributed by atoms with van der Waals surface area (Å²) in [6, 6.07) is 22.9. The molecule has 0 amide bonds. The van der Waals surface area contributed by atoms with E-state index < -0.39 is 0 Å². The molecule has 196 valence electrons. The fraction of sp³-hybridized carbons (Fsp3) is 0.270. The Bertz CT molecular complexity index is 2000. The summed E-state index contributed by atoms with van der Waals surface area (Å²) in [5.41, 5.74) is 14.1. The van der Waals surface area contributed by atoms with E-state index in [1.165, 1.54) is 101 Å². The first kappa shape index (κ1) is 22.7. The van der Waals surface area contributed by atoms with Gasteiger partial charge < -0.3 is 4.57 Å². The molecule has 40 heavy (non-hydrogen) atoms. The lowest BCUT2D eigenvalue weighted by Crippen LogP contribution is -2.06. The van der Waals surface area contributed by atoms with Gasteiger partial charge in [0, 0.05) is 27.4 Å². The van der Waals surface area contributed by atoms with Gasteiger partial charge in [-0.1, -0.05) is 42.5 Å². The summed E-state index contributed by atoms with van der Waals surface area (Å²) >= 11 is 0. The predicted molar refractivity (Wildman–Crippen MR) is 166 cm³/mol. The van der Waals surface area contributed by atoms with Crippen LogP contribution in [-0.2, 0) is 32.1 Å². The van der Waals surface area contributed by atoms with Crippen LogP contribution in [0, 0.1) is 0 Å². The maximum Gasteiger partial charge on any atom is 0.137 e. The van der Waals surface area contributed by atoms with E-state index in [1.54, 1.807) is 16.7 Å². The smallest absolute Gasteiger partial charge is 0.137 e. The zero-order chi connectivity index (χ0) is 26.2. The first-order chi connectivity index (χ1) is 19.9. The lowest BCUT2D eigenvalue weighted by Gasteiger charge is -2.17. The van der Waals surface area contributed by atoms with Crippen molar-refractivity contribution in [3.63, 3.8) is 0 Å². The van der Waals surface area contributed by atoms with Gasteiger partial charge in [0.25, 0.3) is 0 Å². The van der Waals surface area contributed by atoms with Gasteiger partial charge in [-0.3, -0.25) is 4.57 Å². The van der Waals surface area contributed by atoms with Crippen molar-refractivity contribution >= 4 is 38.8 Å². The van der Waals surface area contributed by atoms with Gasteiger partial charge in [-0.05, 0) is 117 Å². The van der Waals surface area contributed by atoms with Crippen LogP contribution in [0.3, 0.4) is 0 Å². The van der Waals surface area contributed by atoms with Crippen LogP contribution in [0.4, 0.5) is 0 Å². The summed E-state index contributed by atoms with van der Waals surface area (Å²) in [6.07, 6.45) is 19.0. The molecule has 0 radical (unpaired) electrons. The lowest BCUT2D eigenvalue weighted by molar-refractivity contribution is 0.690. The molecule has 0 atom stereocenters. The number of aryl methyl sites for hydroxylation is 4. The van der Waals surface area contributed by atoms with Gasteiger partial charge in [-0.15, -0.1) is 0 Å². The molecule has 0 spiro atoms. The number of benzene rings is 3. The normalized spacial score (nSPS) is 16.4. The minimum absolute atomic E-state index is 1.03. The molecule has 0 fully saturated rings. The van der Waals surface area contributed by atoms with E-state index in [0.717, 1.165) is 24.3 Å². The van der Waals surface area contributed by atoms with Crippen molar-refractivity contribution in [3.05, 3.63) is 106 Å². The van der Waals surface area contributed by atoms with Gasteiger partial charge in [0.05, 0.1) is 28.4 Å². The fourth-order valence-electron chi connectivity index (χ4n) is 8.05. The van der Waals surface area contributed by atoms with Crippen LogP contribution >= 0.6 is 0 Å². The SMILES string of the molecule is C1=Cc2c(n(-c3ccc(-n4c5ccccc5c5c6c(ccc54)CCCC6)cn3)c3ccc4c(c23)CCCC4)CC1. The third-order valence-corrected chi connectivity index (χ3v) is 9.82. The highest BCUT2D eigenvalue weighted by molar-refractivity contribution is 6.11. The Kier molecular flexibility index (Phi) is 4.93. The van der Waals surface area contributed by atoms with Crippen LogP contribution in [0.2, 0.25) is 0 Å². The second kappa shape index (κ2) is 8.69. The lowest BCUT2D eigenvalue weighted by atomic mass is 9.87. The molecule has 0 bridgehead atoms. The Labute approximate surface area is 234 Å². The van der Waals surface area contributed by atoms with Gasteiger partial charge >= 0.3 is 0 Å². The summed E-state index contributed by atoms with van der Waals surface area (Å²) < 4.78 is 4.88. The van der Waals surface area contributed by atoms with E-state index in [1.807, 2.05) is 0 Å². The van der Waals surface area contributed by atoms with E-state index in [4.69, 9.17) is 4.98 Å². The predicted octanol–water partition coefficient (Wildman–Crippen LogP) is 8.84. The Morgan fingerprint density at radius 1 is 0.600 bits per heavy atom. The maximum atomic E-state index is 5.17. The third-order valence-electron chi connectivity index (χ3n) is 9.82. The first-order valence-electron chi connectivity index (χ1n) is 15.2. The largest absolute Gasteiger partial charge is 0.308 e. The van der Waals surface area contributed by atoms with Gasteiger partial charge in [0.1, 0.15) is 5.82 Å². The molecule has 3 nitrogen and oxygen atoms in total. The van der Waals surface area contributed by atoms with Crippen LogP contribution in [0.1, 0.15) is 65.6 Å². The van der Waals surface area contributed by atoms with E-state index in [2.05, 4.69) is 88.1 Å². The number of hydrogen-bond donors (Lipinski definition) is 0. The molecule has 3 heterocycles. The summed E-state index contributed by atoms with van der Waals surface area (Å²) in [4.78, 5) is 5.17. The zero-order valence-electron chi connectivity index (χ0n) is 22.9. The monoisotopic (exact) mass is 519 g/mol. The van der Waals surface area contributed by atoms with Gasteiger partial charge in [0.2, 0.25) is 0 Å². The van der Waals surface area contributed by atoms with Crippen LogP contribution in [0.15, 0.2) is 72.9 Å². The Morgan fingerprint density at radius 2 is 1.32 bits per heavy atom. The minimum atomic E-state index is 1.03. The van der Waals surface area contributed by atoms with Crippen molar-refractivity contribution in [2.75, 3.05) is 0 Å². The van der Waals surface area contributed by atoms with Crippen LogP contribution in [0.5, 0.6) is 0 Å². The molecule has 3 aromatic carbocycles. The van der Waals surface area contributed by atoms with E-state index >= 15 is 0 Å². The van der Waals surface area contributed by atoms with Gasteiger partial charge in [-0.2, -0.15) is 0 Å². The average Bonchev–Trinajstić information content (AvgIpc) is 3.55. The molecule has 3 aliphatic carbocycles. The second-order valence-electron chi connectivity index (χ2n) is 12.0. The minimum Gasteiger partial charge on any atom is -0.308 e. The fourth-order valence-corrected chi connectivity index (χ4v) is 8.05. The van der Waals surface area contributed by atoms with Crippen LogP contribution in [-0.4, -0.2) is 14.1 Å². The molecule has 3 aliphatic rings. The summed E-state index contributed by atoms with van der Waals surface area (Å²) in [5, 5.41) is 4.28. The number of hydrogen-bond acceptors (Lipinski definition) is 1. The van der Waals surface area contributed by atoms with Crippen LogP contribution in [0.25, 0.3) is 50.3 Å². The quantitative estimate of drug-likeness (QED) is 0.224. The highest BCUT2D eigenvalue weighted by atomic mass is 15.1. The number of nitrogens with zero attached hydrogens (tertiary/aromatic N) is 3. The average molecular weight is 520 g/mol. The van der Waals surface area contributed by atoms with E-state index in [9.17, 15) is 0 Å². The molecular formula is C37H33N3. The van der Waals surface area contributed by atoms with Crippen molar-refractivity contribution in [2.24, 2.45) is 0 Å². The van der Waals surface area contributed by atoms with E-state index in [0.29, 0.717) is 0 Å². The second-order valence-corrected chi connectivity index (χ2v) is 12.0. The van der Waals surface area contributed by atoms with Crippen molar-refractivity contribution in [3.8, 4) is 11.5 Å². The van der Waals surface area contributed by atoms with Gasteiger partial charge in [-0.25, -0.2) is 4.98 Å². The Balaban J connectivity index is 1.24. The maximum absolute atomic E-state index is 5.17. The molecule has 0 aliphatic heterocycles. The van der Waals surface area contributed by atoms with Crippen molar-refractivity contribution < 1.29 is 0 Å². The van der Waals surface area contributed by atoms with Crippen molar-refractivity contribution in [2.45, 2.75) is 64.2 Å². The molecule has 0 saturated carbocycles. The molecule has 0 unspecified atom stereocenters. The molecule has 0 saturated heterocycles. The highest BCUT2D eigenvalue weighted by Gasteiger charge is 2.24. The number of pyridine rings is 1. The zero-order valence-corrected chi connectivity index (χ0v) is 22.9. The molecule has 3 heteroatoms. The summed E-state index contributed by atoms with van der Waals surface area (Å²) in [5.74, 6) is 1.03. The summed E-state index contributed by atoms with van der Waals surface area (Å²) in [7, 11) is 0. The number of para-hydroxylation sites is 1.